The third-order valence-corrected chi connectivity index (χ3v) is 5.72. The fraction of sp³-hybridized carbons (Fsp3) is 0.348. The first-order valence-electron chi connectivity index (χ1n) is 10.4. The van der Waals surface area contributed by atoms with E-state index in [9.17, 15) is 0 Å². The van der Waals surface area contributed by atoms with Crippen LogP contribution in [0, 0.1) is 5.92 Å². The minimum atomic E-state index is 0. The van der Waals surface area contributed by atoms with E-state index in [0.29, 0.717) is 11.7 Å². The van der Waals surface area contributed by atoms with Crippen molar-refractivity contribution in [2.45, 2.75) is 32.2 Å². The smallest absolute Gasteiger partial charge is 0.227 e. The lowest BCUT2D eigenvalue weighted by Gasteiger charge is -2.09. The van der Waals surface area contributed by atoms with Crippen LogP contribution in [0.1, 0.15) is 30.7 Å². The zero-order chi connectivity index (χ0) is 19.5. The molecule has 1 saturated heterocycles. The van der Waals surface area contributed by atoms with E-state index in [-0.39, 0.29) is 12.4 Å². The standard InChI is InChI=1S/C23H25N5O.ClH/c1-2-6-21-20(5-1)25-16-28(21)15-18-7-9-19(10-8-18)23-26-22(29-27-23)14-17-4-3-12-24-13-11-17;/h1-2,5-10,16-17,24H,3-4,11-15H2;1H. The first kappa shape index (κ1) is 20.6. The zero-order valence-electron chi connectivity index (χ0n) is 16.8. The normalized spacial score (nSPS) is 16.9. The van der Waals surface area contributed by atoms with Crippen molar-refractivity contribution in [3.05, 3.63) is 66.3 Å². The molecule has 1 N–H and O–H groups in total. The summed E-state index contributed by atoms with van der Waals surface area (Å²) in [6.07, 6.45) is 6.39. The molecule has 2 aromatic heterocycles. The largest absolute Gasteiger partial charge is 0.339 e. The lowest BCUT2D eigenvalue weighted by atomic mass is 9.97. The maximum atomic E-state index is 5.53. The van der Waals surface area contributed by atoms with Crippen molar-refractivity contribution >= 4 is 23.4 Å². The summed E-state index contributed by atoms with van der Waals surface area (Å²) in [5, 5.41) is 7.66. The van der Waals surface area contributed by atoms with Crippen LogP contribution in [0.25, 0.3) is 22.4 Å². The number of hydrogen-bond donors (Lipinski definition) is 1. The summed E-state index contributed by atoms with van der Waals surface area (Å²) in [5.41, 5.74) is 4.37. The molecule has 1 aliphatic rings. The van der Waals surface area contributed by atoms with Gasteiger partial charge in [0.2, 0.25) is 11.7 Å². The fourth-order valence-corrected chi connectivity index (χ4v) is 4.09. The second-order valence-corrected chi connectivity index (χ2v) is 7.82. The van der Waals surface area contributed by atoms with Crippen LogP contribution in [0.15, 0.2) is 59.4 Å². The Morgan fingerprint density at radius 1 is 1.03 bits per heavy atom. The third-order valence-electron chi connectivity index (χ3n) is 5.72. The number of halogens is 1. The van der Waals surface area contributed by atoms with Crippen LogP contribution in [0.4, 0.5) is 0 Å². The Balaban J connectivity index is 0.00000218. The second-order valence-electron chi connectivity index (χ2n) is 7.82. The second kappa shape index (κ2) is 9.41. The molecule has 0 radical (unpaired) electrons. The topological polar surface area (TPSA) is 68.8 Å². The fourth-order valence-electron chi connectivity index (χ4n) is 4.09. The van der Waals surface area contributed by atoms with Gasteiger partial charge in [-0.25, -0.2) is 4.98 Å². The van der Waals surface area contributed by atoms with Gasteiger partial charge in [0, 0.05) is 18.5 Å². The van der Waals surface area contributed by atoms with Gasteiger partial charge >= 0.3 is 0 Å². The van der Waals surface area contributed by atoms with Crippen LogP contribution >= 0.6 is 12.4 Å². The van der Waals surface area contributed by atoms with Gasteiger partial charge in [0.05, 0.1) is 17.4 Å². The number of aromatic nitrogens is 4. The number of imidazole rings is 1. The summed E-state index contributed by atoms with van der Waals surface area (Å²) < 4.78 is 7.70. The molecule has 0 spiro atoms. The van der Waals surface area contributed by atoms with Gasteiger partial charge in [-0.05, 0) is 56.0 Å². The SMILES string of the molecule is Cl.c1ccc2c(c1)ncn2Cc1ccc(-c2noc(CC3CCCNCC3)n2)cc1. The molecule has 156 valence electrons. The van der Waals surface area contributed by atoms with E-state index >= 15 is 0 Å². The number of rotatable bonds is 5. The number of para-hydroxylation sites is 2. The molecule has 6 nitrogen and oxygen atoms in total. The molecule has 30 heavy (non-hydrogen) atoms. The van der Waals surface area contributed by atoms with Gasteiger partial charge in [-0.1, -0.05) is 41.6 Å². The van der Waals surface area contributed by atoms with Gasteiger partial charge in [0.25, 0.3) is 0 Å². The summed E-state index contributed by atoms with van der Waals surface area (Å²) >= 11 is 0. The lowest BCUT2D eigenvalue weighted by molar-refractivity contribution is 0.341. The average Bonchev–Trinajstić information content (AvgIpc) is 3.30. The number of nitrogens with zero attached hydrogens (tertiary/aromatic N) is 4. The minimum Gasteiger partial charge on any atom is -0.339 e. The predicted octanol–water partition coefficient (Wildman–Crippen LogP) is 4.49. The maximum Gasteiger partial charge on any atom is 0.227 e. The molecule has 2 aromatic carbocycles. The Kier molecular flexibility index (Phi) is 6.45. The van der Waals surface area contributed by atoms with Crippen molar-refractivity contribution in [2.75, 3.05) is 13.1 Å². The van der Waals surface area contributed by atoms with Crippen LogP contribution in [0.3, 0.4) is 0 Å². The predicted molar refractivity (Wildman–Crippen MR) is 120 cm³/mol. The van der Waals surface area contributed by atoms with Crippen molar-refractivity contribution in [2.24, 2.45) is 5.92 Å². The minimum absolute atomic E-state index is 0. The molecule has 1 atom stereocenters. The average molecular weight is 424 g/mol. The number of hydrogen-bond acceptors (Lipinski definition) is 5. The van der Waals surface area contributed by atoms with E-state index < -0.39 is 0 Å². The van der Waals surface area contributed by atoms with E-state index in [0.717, 1.165) is 48.5 Å². The number of fused-ring (bicyclic) bond motifs is 1. The van der Waals surface area contributed by atoms with E-state index in [1.54, 1.807) is 0 Å². The molecule has 5 rings (SSSR count). The summed E-state index contributed by atoms with van der Waals surface area (Å²) in [5.74, 6) is 2.05. The van der Waals surface area contributed by atoms with Crippen molar-refractivity contribution in [1.82, 2.24) is 25.0 Å². The van der Waals surface area contributed by atoms with E-state index in [4.69, 9.17) is 4.52 Å². The van der Waals surface area contributed by atoms with Crippen LogP contribution in [0.2, 0.25) is 0 Å². The van der Waals surface area contributed by atoms with Gasteiger partial charge in [0.15, 0.2) is 0 Å². The zero-order valence-corrected chi connectivity index (χ0v) is 17.6. The van der Waals surface area contributed by atoms with Crippen LogP contribution in [-0.2, 0) is 13.0 Å². The summed E-state index contributed by atoms with van der Waals surface area (Å²) in [4.78, 5) is 9.10. The lowest BCUT2D eigenvalue weighted by Crippen LogP contribution is -2.14. The summed E-state index contributed by atoms with van der Waals surface area (Å²) in [7, 11) is 0. The Morgan fingerprint density at radius 3 is 2.80 bits per heavy atom. The molecule has 4 aromatic rings. The molecular formula is C23H26ClN5O. The first-order valence-corrected chi connectivity index (χ1v) is 10.4. The van der Waals surface area contributed by atoms with Crippen LogP contribution in [0.5, 0.6) is 0 Å². The monoisotopic (exact) mass is 423 g/mol. The van der Waals surface area contributed by atoms with Crippen molar-refractivity contribution in [3.63, 3.8) is 0 Å². The Morgan fingerprint density at radius 2 is 1.90 bits per heavy atom. The van der Waals surface area contributed by atoms with Gasteiger partial charge in [0.1, 0.15) is 0 Å². The van der Waals surface area contributed by atoms with E-state index in [1.165, 1.54) is 24.8 Å². The van der Waals surface area contributed by atoms with E-state index in [2.05, 4.69) is 55.3 Å². The molecule has 1 aliphatic heterocycles. The quantitative estimate of drug-likeness (QED) is 0.512. The molecule has 0 bridgehead atoms. The molecule has 0 aliphatic carbocycles. The first-order chi connectivity index (χ1) is 14.3. The van der Waals surface area contributed by atoms with Crippen molar-refractivity contribution in [3.8, 4) is 11.4 Å². The Bertz CT molecular complexity index is 1080. The highest BCUT2D eigenvalue weighted by atomic mass is 35.5. The van der Waals surface area contributed by atoms with Gasteiger partial charge in [-0.2, -0.15) is 4.98 Å². The summed E-state index contributed by atoms with van der Waals surface area (Å²) in [6, 6.07) is 16.6. The molecular weight excluding hydrogens is 398 g/mol. The van der Waals surface area contributed by atoms with Crippen LogP contribution in [-0.4, -0.2) is 32.8 Å². The van der Waals surface area contributed by atoms with Crippen molar-refractivity contribution < 1.29 is 4.52 Å². The van der Waals surface area contributed by atoms with Gasteiger partial charge in [-0.15, -0.1) is 12.4 Å². The number of benzene rings is 2. The highest BCUT2D eigenvalue weighted by molar-refractivity contribution is 5.85. The van der Waals surface area contributed by atoms with Gasteiger partial charge < -0.3 is 14.4 Å². The Labute approximate surface area is 182 Å². The Hall–Kier alpha value is -2.70. The van der Waals surface area contributed by atoms with Crippen molar-refractivity contribution in [1.29, 1.82) is 0 Å². The highest BCUT2D eigenvalue weighted by Crippen LogP contribution is 2.22. The molecule has 7 heteroatoms. The molecule has 1 fully saturated rings. The molecule has 3 heterocycles. The molecule has 0 saturated carbocycles. The van der Waals surface area contributed by atoms with E-state index in [1.807, 2.05) is 24.5 Å². The van der Waals surface area contributed by atoms with Crippen LogP contribution < -0.4 is 5.32 Å². The highest BCUT2D eigenvalue weighted by Gasteiger charge is 2.17. The van der Waals surface area contributed by atoms with Gasteiger partial charge in [-0.3, -0.25) is 0 Å². The molecule has 1 unspecified atom stereocenters. The molecule has 0 amide bonds. The summed E-state index contributed by atoms with van der Waals surface area (Å²) in [6.45, 7) is 2.99. The number of nitrogens with one attached hydrogen (secondary N) is 1. The maximum absolute atomic E-state index is 5.53. The third kappa shape index (κ3) is 4.55.